The highest BCUT2D eigenvalue weighted by molar-refractivity contribution is 5.83. The topological polar surface area (TPSA) is 63.1 Å². The first-order chi connectivity index (χ1) is 14.3. The normalized spacial score (nSPS) is 15.2. The average Bonchev–Trinajstić information content (AvgIpc) is 3.29. The smallest absolute Gasteiger partial charge is 0.244 e. The van der Waals surface area contributed by atoms with E-state index >= 15 is 0 Å². The second kappa shape index (κ2) is 9.47. The lowest BCUT2D eigenvalue weighted by atomic mass is 10.0. The summed E-state index contributed by atoms with van der Waals surface area (Å²) in [4.78, 5) is 19.2. The van der Waals surface area contributed by atoms with Gasteiger partial charge in [0.1, 0.15) is 18.7 Å². The van der Waals surface area contributed by atoms with Crippen molar-refractivity contribution in [1.82, 2.24) is 25.0 Å². The largest absolute Gasteiger partial charge is 0.341 e. The van der Waals surface area contributed by atoms with Crippen molar-refractivity contribution in [1.29, 1.82) is 0 Å². The molecule has 1 amide bonds. The number of aromatic nitrogens is 3. The van der Waals surface area contributed by atoms with Gasteiger partial charge in [-0.3, -0.25) is 10.1 Å². The monoisotopic (exact) mass is 389 g/mol. The van der Waals surface area contributed by atoms with Crippen LogP contribution < -0.4 is 5.32 Å². The summed E-state index contributed by atoms with van der Waals surface area (Å²) in [7, 11) is 0. The second-order valence-corrected chi connectivity index (χ2v) is 7.52. The van der Waals surface area contributed by atoms with Crippen molar-refractivity contribution in [2.75, 3.05) is 13.1 Å². The van der Waals surface area contributed by atoms with Gasteiger partial charge in [-0.2, -0.15) is 5.10 Å². The minimum Gasteiger partial charge on any atom is -0.341 e. The maximum atomic E-state index is 13.2. The van der Waals surface area contributed by atoms with Gasteiger partial charge in [-0.05, 0) is 36.0 Å². The molecule has 4 rings (SSSR count). The zero-order chi connectivity index (χ0) is 19.9. The van der Waals surface area contributed by atoms with Gasteiger partial charge in [0, 0.05) is 19.6 Å². The van der Waals surface area contributed by atoms with E-state index in [-0.39, 0.29) is 11.9 Å². The summed E-state index contributed by atoms with van der Waals surface area (Å²) in [5.74, 6) is 0.179. The quantitative estimate of drug-likeness (QED) is 0.674. The number of rotatable bonds is 7. The van der Waals surface area contributed by atoms with Crippen molar-refractivity contribution < 1.29 is 4.79 Å². The van der Waals surface area contributed by atoms with Crippen LogP contribution in [-0.2, 0) is 17.9 Å². The highest BCUT2D eigenvalue weighted by Gasteiger charge is 2.26. The number of hydrogen-bond acceptors (Lipinski definition) is 4. The van der Waals surface area contributed by atoms with E-state index in [9.17, 15) is 4.79 Å². The molecule has 6 heteroatoms. The molecule has 0 unspecified atom stereocenters. The number of benzene rings is 2. The van der Waals surface area contributed by atoms with Crippen molar-refractivity contribution >= 4 is 5.91 Å². The summed E-state index contributed by atoms with van der Waals surface area (Å²) >= 11 is 0. The standard InChI is InChI=1S/C23H27N5O/c29-23(27-13-5-2-6-14-27)22(21-7-3-1-4-8-21)25-15-19-9-11-20(12-10-19)16-28-18-24-17-26-28/h1,3-4,7-12,17-18,22,25H,2,5-6,13-16H2/t22-/m1/s1. The first-order valence-electron chi connectivity index (χ1n) is 10.3. The molecule has 1 N–H and O–H groups in total. The molecule has 0 bridgehead atoms. The van der Waals surface area contributed by atoms with Crippen LogP contribution >= 0.6 is 0 Å². The van der Waals surface area contributed by atoms with Gasteiger partial charge in [-0.25, -0.2) is 9.67 Å². The second-order valence-electron chi connectivity index (χ2n) is 7.52. The van der Waals surface area contributed by atoms with Gasteiger partial charge < -0.3 is 4.90 Å². The molecule has 1 fully saturated rings. The Bertz CT molecular complexity index is 887. The van der Waals surface area contributed by atoms with Gasteiger partial charge in [0.05, 0.1) is 6.54 Å². The van der Waals surface area contributed by atoms with E-state index in [0.717, 1.165) is 37.1 Å². The molecule has 0 radical (unpaired) electrons. The molecule has 2 heterocycles. The molecule has 0 spiro atoms. The Morgan fingerprint density at radius 3 is 2.38 bits per heavy atom. The zero-order valence-corrected chi connectivity index (χ0v) is 16.6. The molecule has 3 aromatic rings. The third-order valence-corrected chi connectivity index (χ3v) is 5.39. The summed E-state index contributed by atoms with van der Waals surface area (Å²) in [5, 5.41) is 7.64. The number of nitrogens with one attached hydrogen (secondary N) is 1. The average molecular weight is 390 g/mol. The van der Waals surface area contributed by atoms with Crippen LogP contribution in [0.3, 0.4) is 0 Å². The number of amides is 1. The molecule has 1 aromatic heterocycles. The van der Waals surface area contributed by atoms with E-state index in [1.54, 1.807) is 17.3 Å². The van der Waals surface area contributed by atoms with E-state index in [4.69, 9.17) is 0 Å². The van der Waals surface area contributed by atoms with Gasteiger partial charge >= 0.3 is 0 Å². The number of nitrogens with zero attached hydrogens (tertiary/aromatic N) is 4. The first kappa shape index (κ1) is 19.3. The van der Waals surface area contributed by atoms with E-state index in [2.05, 4.69) is 39.7 Å². The Balaban J connectivity index is 1.42. The van der Waals surface area contributed by atoms with Gasteiger partial charge in [-0.1, -0.05) is 54.6 Å². The van der Waals surface area contributed by atoms with Crippen LogP contribution in [0.1, 0.15) is 42.0 Å². The van der Waals surface area contributed by atoms with Crippen LogP contribution in [0.5, 0.6) is 0 Å². The molecule has 29 heavy (non-hydrogen) atoms. The summed E-state index contributed by atoms with van der Waals surface area (Å²) in [6, 6.07) is 18.1. The van der Waals surface area contributed by atoms with Crippen LogP contribution in [0, 0.1) is 0 Å². The Kier molecular flexibility index (Phi) is 6.32. The SMILES string of the molecule is O=C([C@H](NCc1ccc(Cn2cncn2)cc1)c1ccccc1)N1CCCCC1. The predicted molar refractivity (Wildman–Crippen MR) is 112 cm³/mol. The van der Waals surface area contributed by atoms with E-state index < -0.39 is 0 Å². The van der Waals surface area contributed by atoms with Crippen molar-refractivity contribution in [2.45, 2.75) is 38.4 Å². The van der Waals surface area contributed by atoms with Crippen LogP contribution in [0.15, 0.2) is 67.3 Å². The number of hydrogen-bond donors (Lipinski definition) is 1. The van der Waals surface area contributed by atoms with E-state index in [1.165, 1.54) is 12.0 Å². The van der Waals surface area contributed by atoms with Crippen LogP contribution in [0.25, 0.3) is 0 Å². The first-order valence-corrected chi connectivity index (χ1v) is 10.3. The molecular formula is C23H27N5O. The Morgan fingerprint density at radius 2 is 1.69 bits per heavy atom. The lowest BCUT2D eigenvalue weighted by Gasteiger charge is -2.31. The zero-order valence-electron chi connectivity index (χ0n) is 16.6. The number of carbonyl (C=O) groups is 1. The van der Waals surface area contributed by atoms with Crippen LogP contribution in [0.4, 0.5) is 0 Å². The molecule has 6 nitrogen and oxygen atoms in total. The van der Waals surface area contributed by atoms with Crippen LogP contribution in [0.2, 0.25) is 0 Å². The van der Waals surface area contributed by atoms with Crippen molar-refractivity contribution in [3.8, 4) is 0 Å². The molecule has 0 saturated carbocycles. The maximum Gasteiger partial charge on any atom is 0.244 e. The third-order valence-electron chi connectivity index (χ3n) is 5.39. The molecule has 150 valence electrons. The van der Waals surface area contributed by atoms with Gasteiger partial charge in [-0.15, -0.1) is 0 Å². The third kappa shape index (κ3) is 5.09. The van der Waals surface area contributed by atoms with Gasteiger partial charge in [0.15, 0.2) is 0 Å². The Hall–Kier alpha value is -2.99. The lowest BCUT2D eigenvalue weighted by molar-refractivity contribution is -0.134. The number of carbonyl (C=O) groups excluding carboxylic acids is 1. The van der Waals surface area contributed by atoms with Crippen LogP contribution in [-0.4, -0.2) is 38.7 Å². The summed E-state index contributed by atoms with van der Waals surface area (Å²) < 4.78 is 1.80. The van der Waals surface area contributed by atoms with E-state index in [1.807, 2.05) is 35.2 Å². The number of likely N-dealkylation sites (tertiary alicyclic amines) is 1. The fourth-order valence-corrected chi connectivity index (χ4v) is 3.77. The Morgan fingerprint density at radius 1 is 0.966 bits per heavy atom. The van der Waals surface area contributed by atoms with Gasteiger partial charge in [0.2, 0.25) is 5.91 Å². The van der Waals surface area contributed by atoms with Crippen molar-refractivity contribution in [3.63, 3.8) is 0 Å². The molecule has 2 aromatic carbocycles. The molecule has 1 aliphatic heterocycles. The molecular weight excluding hydrogens is 362 g/mol. The fraction of sp³-hybridized carbons (Fsp3) is 0.348. The van der Waals surface area contributed by atoms with Crippen molar-refractivity contribution in [2.24, 2.45) is 0 Å². The summed E-state index contributed by atoms with van der Waals surface area (Å²) in [6.07, 6.45) is 6.67. The highest BCUT2D eigenvalue weighted by atomic mass is 16.2. The molecule has 1 aliphatic rings. The molecule has 0 aliphatic carbocycles. The lowest BCUT2D eigenvalue weighted by Crippen LogP contribution is -2.43. The highest BCUT2D eigenvalue weighted by Crippen LogP contribution is 2.20. The summed E-state index contributed by atoms with van der Waals surface area (Å²) in [5.41, 5.74) is 3.34. The van der Waals surface area contributed by atoms with E-state index in [0.29, 0.717) is 13.1 Å². The maximum absolute atomic E-state index is 13.2. The van der Waals surface area contributed by atoms with Crippen molar-refractivity contribution in [3.05, 3.63) is 83.9 Å². The van der Waals surface area contributed by atoms with Gasteiger partial charge in [0.25, 0.3) is 0 Å². The Labute approximate surface area is 171 Å². The number of piperidine rings is 1. The fourth-order valence-electron chi connectivity index (χ4n) is 3.77. The molecule has 1 atom stereocenters. The predicted octanol–water partition coefficient (Wildman–Crippen LogP) is 3.17. The minimum absolute atomic E-state index is 0.179. The summed E-state index contributed by atoms with van der Waals surface area (Å²) in [6.45, 7) is 3.07. The molecule has 1 saturated heterocycles. The minimum atomic E-state index is -0.316.